The van der Waals surface area contributed by atoms with E-state index in [1.54, 1.807) is 24.3 Å². The van der Waals surface area contributed by atoms with E-state index in [9.17, 15) is 19.8 Å². The van der Waals surface area contributed by atoms with Gasteiger partial charge in [-0.05, 0) is 91.1 Å². The smallest absolute Gasteiger partial charge is 0.300 e. The second-order valence-corrected chi connectivity index (χ2v) is 10.4. The maximum atomic E-state index is 13.5. The molecule has 5 rings (SSSR count). The van der Waals surface area contributed by atoms with Crippen LogP contribution in [0.3, 0.4) is 0 Å². The van der Waals surface area contributed by atoms with Crippen molar-refractivity contribution in [1.29, 1.82) is 0 Å². The number of aliphatic hydroxyl groups excluding tert-OH is 1. The van der Waals surface area contributed by atoms with E-state index in [0.717, 1.165) is 22.3 Å². The van der Waals surface area contributed by atoms with Crippen LogP contribution in [-0.2, 0) is 16.2 Å². The first-order valence-corrected chi connectivity index (χ1v) is 13.2. The number of halogens is 1. The zero-order valence-electron chi connectivity index (χ0n) is 22.3. The van der Waals surface area contributed by atoms with Crippen molar-refractivity contribution in [3.05, 3.63) is 129 Å². The molecule has 0 radical (unpaired) electrons. The van der Waals surface area contributed by atoms with Crippen molar-refractivity contribution < 1.29 is 24.5 Å². The zero-order chi connectivity index (χ0) is 28.6. The Labute approximate surface area is 237 Å². The number of phenolic OH excluding ortho intramolecular Hbond substituents is 1. The monoisotopic (exact) mass is 553 g/mol. The molecule has 1 aliphatic rings. The number of benzene rings is 4. The van der Waals surface area contributed by atoms with Crippen LogP contribution in [0.5, 0.6) is 11.5 Å². The first-order valence-electron chi connectivity index (χ1n) is 12.8. The Balaban J connectivity index is 1.59. The van der Waals surface area contributed by atoms with Gasteiger partial charge in [0, 0.05) is 11.3 Å². The molecule has 1 unspecified atom stereocenters. The summed E-state index contributed by atoms with van der Waals surface area (Å²) in [4.78, 5) is 28.4. The summed E-state index contributed by atoms with van der Waals surface area (Å²) >= 11 is 6.23. The highest BCUT2D eigenvalue weighted by Crippen LogP contribution is 2.44. The van der Waals surface area contributed by atoms with Gasteiger partial charge in [0.2, 0.25) is 0 Å². The van der Waals surface area contributed by atoms with Crippen LogP contribution in [0.4, 0.5) is 5.69 Å². The predicted molar refractivity (Wildman–Crippen MR) is 156 cm³/mol. The topological polar surface area (TPSA) is 87.1 Å². The fraction of sp³-hybridized carbons (Fsp3) is 0.152. The highest BCUT2D eigenvalue weighted by molar-refractivity contribution is 6.51. The number of aromatic hydroxyl groups is 1. The number of amides is 1. The van der Waals surface area contributed by atoms with Crippen molar-refractivity contribution >= 4 is 34.7 Å². The van der Waals surface area contributed by atoms with E-state index in [2.05, 4.69) is 0 Å². The molecule has 1 atom stereocenters. The van der Waals surface area contributed by atoms with Gasteiger partial charge in [0.15, 0.2) is 0 Å². The van der Waals surface area contributed by atoms with Gasteiger partial charge in [0.25, 0.3) is 11.7 Å². The average molecular weight is 554 g/mol. The second kappa shape index (κ2) is 10.9. The zero-order valence-corrected chi connectivity index (χ0v) is 23.1. The molecule has 0 aliphatic carbocycles. The highest BCUT2D eigenvalue weighted by atomic mass is 35.5. The lowest BCUT2D eigenvalue weighted by molar-refractivity contribution is -0.132. The van der Waals surface area contributed by atoms with Gasteiger partial charge < -0.3 is 14.9 Å². The maximum absolute atomic E-state index is 13.5. The molecule has 0 spiro atoms. The normalized spacial score (nSPS) is 16.4. The van der Waals surface area contributed by atoms with Crippen LogP contribution < -0.4 is 9.64 Å². The number of anilines is 1. The molecule has 2 N–H and O–H groups in total. The number of phenols is 1. The highest BCUT2D eigenvalue weighted by Gasteiger charge is 2.47. The molecule has 4 aromatic rings. The molecule has 40 heavy (non-hydrogen) atoms. The molecule has 0 aromatic heterocycles. The van der Waals surface area contributed by atoms with Crippen molar-refractivity contribution in [2.75, 3.05) is 4.90 Å². The quantitative estimate of drug-likeness (QED) is 0.150. The van der Waals surface area contributed by atoms with Crippen LogP contribution in [0.2, 0.25) is 5.02 Å². The first-order chi connectivity index (χ1) is 19.1. The minimum Gasteiger partial charge on any atom is -0.507 e. The molecule has 1 heterocycles. The summed E-state index contributed by atoms with van der Waals surface area (Å²) in [5, 5.41) is 21.6. The van der Waals surface area contributed by atoms with Crippen LogP contribution in [0.15, 0.2) is 90.5 Å². The van der Waals surface area contributed by atoms with E-state index in [1.165, 1.54) is 17.0 Å². The van der Waals surface area contributed by atoms with E-state index < -0.39 is 17.7 Å². The Bertz CT molecular complexity index is 1640. The number of ketones is 1. The Kier molecular flexibility index (Phi) is 7.37. The van der Waals surface area contributed by atoms with Crippen LogP contribution >= 0.6 is 11.6 Å². The number of aryl methyl sites for hydroxylation is 3. The molecule has 0 bridgehead atoms. The standard InChI is InChI=1S/C33H28ClNO5/c1-19-13-20(2)15-25(14-19)35-30(23-9-11-27(36)26(34)17-23)29(32(38)33(35)39)31(37)24-10-12-28(21(3)16-24)40-18-22-7-5-4-6-8-22/h4-17,30,36-37H,18H2,1-3H3/b31-29-. The minimum atomic E-state index is -0.964. The van der Waals surface area contributed by atoms with E-state index in [1.807, 2.05) is 69.3 Å². The van der Waals surface area contributed by atoms with Gasteiger partial charge in [-0.15, -0.1) is 0 Å². The van der Waals surface area contributed by atoms with Crippen molar-refractivity contribution in [2.24, 2.45) is 0 Å². The lowest BCUT2D eigenvalue weighted by atomic mass is 9.94. The SMILES string of the molecule is Cc1cc(C)cc(N2C(=O)C(=O)/C(=C(\O)c3ccc(OCc4ccccc4)c(C)c3)C2c2ccc(O)c(Cl)c2)c1. The van der Waals surface area contributed by atoms with E-state index >= 15 is 0 Å². The number of hydrogen-bond donors (Lipinski definition) is 2. The summed E-state index contributed by atoms with van der Waals surface area (Å²) < 4.78 is 5.97. The third kappa shape index (κ3) is 5.18. The molecule has 1 aliphatic heterocycles. The van der Waals surface area contributed by atoms with Gasteiger partial charge in [0.05, 0.1) is 16.6 Å². The van der Waals surface area contributed by atoms with Gasteiger partial charge in [-0.25, -0.2) is 0 Å². The molecule has 7 heteroatoms. The Morgan fingerprint density at radius 1 is 0.900 bits per heavy atom. The molecule has 4 aromatic carbocycles. The van der Waals surface area contributed by atoms with Crippen LogP contribution in [0, 0.1) is 20.8 Å². The Morgan fingerprint density at radius 3 is 2.25 bits per heavy atom. The number of nitrogens with zero attached hydrogens (tertiary/aromatic N) is 1. The summed E-state index contributed by atoms with van der Waals surface area (Å²) in [5.74, 6) is -1.38. The van der Waals surface area contributed by atoms with Crippen LogP contribution in [0.25, 0.3) is 5.76 Å². The van der Waals surface area contributed by atoms with Gasteiger partial charge in [-0.3, -0.25) is 14.5 Å². The summed E-state index contributed by atoms with van der Waals surface area (Å²) in [5.41, 5.74) is 4.92. The molecular weight excluding hydrogens is 526 g/mol. The lowest BCUT2D eigenvalue weighted by Crippen LogP contribution is -2.29. The molecule has 202 valence electrons. The lowest BCUT2D eigenvalue weighted by Gasteiger charge is -2.26. The van der Waals surface area contributed by atoms with Crippen molar-refractivity contribution in [1.82, 2.24) is 0 Å². The van der Waals surface area contributed by atoms with Gasteiger partial charge in [0.1, 0.15) is 23.9 Å². The first kappa shape index (κ1) is 27.0. The predicted octanol–water partition coefficient (Wildman–Crippen LogP) is 7.18. The molecule has 0 saturated carbocycles. The third-order valence-corrected chi connectivity index (χ3v) is 7.20. The van der Waals surface area contributed by atoms with Crippen molar-refractivity contribution in [3.63, 3.8) is 0 Å². The molecule has 6 nitrogen and oxygen atoms in total. The van der Waals surface area contributed by atoms with Gasteiger partial charge in [-0.1, -0.05) is 54.1 Å². The second-order valence-electron chi connectivity index (χ2n) is 9.98. The van der Waals surface area contributed by atoms with Gasteiger partial charge >= 0.3 is 0 Å². The molecule has 1 amide bonds. The van der Waals surface area contributed by atoms with Crippen LogP contribution in [-0.4, -0.2) is 21.9 Å². The maximum Gasteiger partial charge on any atom is 0.300 e. The van der Waals surface area contributed by atoms with Crippen LogP contribution in [0.1, 0.15) is 39.4 Å². The summed E-state index contributed by atoms with van der Waals surface area (Å²) in [7, 11) is 0. The number of rotatable bonds is 6. The third-order valence-electron chi connectivity index (χ3n) is 6.90. The Hall–Kier alpha value is -4.55. The fourth-order valence-corrected chi connectivity index (χ4v) is 5.24. The summed E-state index contributed by atoms with van der Waals surface area (Å²) in [6.45, 7) is 6.05. The summed E-state index contributed by atoms with van der Waals surface area (Å²) in [6, 6.07) is 24.0. The fourth-order valence-electron chi connectivity index (χ4n) is 5.05. The number of ether oxygens (including phenoxy) is 1. The molecule has 1 fully saturated rings. The Morgan fingerprint density at radius 2 is 1.60 bits per heavy atom. The number of hydrogen-bond acceptors (Lipinski definition) is 5. The van der Waals surface area contributed by atoms with Gasteiger partial charge in [-0.2, -0.15) is 0 Å². The average Bonchev–Trinajstić information content (AvgIpc) is 3.19. The van der Waals surface area contributed by atoms with E-state index in [0.29, 0.717) is 29.2 Å². The number of carbonyl (C=O) groups is 2. The van der Waals surface area contributed by atoms with E-state index in [4.69, 9.17) is 16.3 Å². The van der Waals surface area contributed by atoms with Crippen molar-refractivity contribution in [2.45, 2.75) is 33.4 Å². The summed E-state index contributed by atoms with van der Waals surface area (Å²) in [6.07, 6.45) is 0. The largest absolute Gasteiger partial charge is 0.507 e. The number of Topliss-reactive ketones (excluding diaryl/α,β-unsaturated/α-hetero) is 1. The van der Waals surface area contributed by atoms with E-state index in [-0.39, 0.29) is 22.1 Å². The number of aliphatic hydroxyl groups is 1. The van der Waals surface area contributed by atoms with Crippen molar-refractivity contribution in [3.8, 4) is 11.5 Å². The molecular formula is C33H28ClNO5. The minimum absolute atomic E-state index is 0.0664. The molecule has 1 saturated heterocycles. The number of carbonyl (C=O) groups excluding carboxylic acids is 2.